The normalized spacial score (nSPS) is 11.6. The van der Waals surface area contributed by atoms with Crippen molar-refractivity contribution < 1.29 is 9.53 Å². The number of alkyl carbamates (subject to hydrolysis) is 1. The van der Waals surface area contributed by atoms with Crippen molar-refractivity contribution in [2.75, 3.05) is 18.4 Å². The minimum atomic E-state index is -0.505. The second-order valence-corrected chi connectivity index (χ2v) is 9.87. The van der Waals surface area contributed by atoms with Gasteiger partial charge < -0.3 is 20.7 Å². The van der Waals surface area contributed by atoms with E-state index in [1.165, 1.54) is 16.7 Å². The molecule has 1 aromatic heterocycles. The third kappa shape index (κ3) is 6.28. The summed E-state index contributed by atoms with van der Waals surface area (Å²) in [5, 5.41) is 12.0. The molecule has 6 nitrogen and oxygen atoms in total. The van der Waals surface area contributed by atoms with Crippen molar-refractivity contribution in [2.24, 2.45) is 0 Å². The topological polar surface area (TPSA) is 75.3 Å². The Morgan fingerprint density at radius 1 is 0.857 bits per heavy atom. The molecule has 0 fully saturated rings. The molecule has 0 atom stereocenters. The molecular formula is C29H34N4O2. The van der Waals surface area contributed by atoms with Crippen LogP contribution in [-0.2, 0) is 11.3 Å². The van der Waals surface area contributed by atoms with Crippen molar-refractivity contribution in [3.8, 4) is 0 Å². The number of para-hydroxylation sites is 1. The van der Waals surface area contributed by atoms with E-state index in [2.05, 4.69) is 72.3 Å². The first-order chi connectivity index (χ1) is 16.7. The molecule has 0 bridgehead atoms. The van der Waals surface area contributed by atoms with Gasteiger partial charge in [-0.05, 0) is 87.7 Å². The Kier molecular flexibility index (Phi) is 7.22. The highest BCUT2D eigenvalue weighted by Crippen LogP contribution is 2.29. The highest BCUT2D eigenvalue weighted by Gasteiger charge is 2.15. The first kappa shape index (κ1) is 24.5. The minimum Gasteiger partial charge on any atom is -0.444 e. The van der Waals surface area contributed by atoms with Crippen molar-refractivity contribution >= 4 is 39.3 Å². The van der Waals surface area contributed by atoms with Gasteiger partial charge in [0.1, 0.15) is 5.60 Å². The fraction of sp³-hybridized carbons (Fsp3) is 0.310. The van der Waals surface area contributed by atoms with E-state index >= 15 is 0 Å². The van der Waals surface area contributed by atoms with Crippen molar-refractivity contribution in [3.63, 3.8) is 0 Å². The second-order valence-electron chi connectivity index (χ2n) is 9.87. The number of carbonyl (C=O) groups is 1. The summed E-state index contributed by atoms with van der Waals surface area (Å²) in [6, 6.07) is 20.9. The number of hydrogen-bond donors (Lipinski definition) is 3. The van der Waals surface area contributed by atoms with E-state index in [1.54, 1.807) is 0 Å². The van der Waals surface area contributed by atoms with Crippen LogP contribution in [0.2, 0.25) is 0 Å². The first-order valence-corrected chi connectivity index (χ1v) is 12.0. The van der Waals surface area contributed by atoms with Gasteiger partial charge in [0.15, 0.2) is 0 Å². The van der Waals surface area contributed by atoms with E-state index in [9.17, 15) is 4.79 Å². The van der Waals surface area contributed by atoms with Crippen LogP contribution in [0.25, 0.3) is 21.8 Å². The average Bonchev–Trinajstić information content (AvgIpc) is 2.79. The zero-order valence-corrected chi connectivity index (χ0v) is 21.2. The molecule has 6 heteroatoms. The molecule has 1 amide bonds. The Balaban J connectivity index is 1.54. The number of fused-ring (bicyclic) bond motifs is 2. The number of carbonyl (C=O) groups excluding carboxylic acids is 1. The van der Waals surface area contributed by atoms with Crippen LogP contribution in [0.15, 0.2) is 60.7 Å². The first-order valence-electron chi connectivity index (χ1n) is 12.0. The van der Waals surface area contributed by atoms with Crippen LogP contribution in [0.3, 0.4) is 0 Å². The highest BCUT2D eigenvalue weighted by molar-refractivity contribution is 5.98. The summed E-state index contributed by atoms with van der Waals surface area (Å²) in [5.41, 5.74) is 7.23. The number of ether oxygens (including phenoxy) is 1. The number of pyridine rings is 1. The smallest absolute Gasteiger partial charge is 0.407 e. The molecule has 0 saturated heterocycles. The summed E-state index contributed by atoms with van der Waals surface area (Å²) in [5.74, 6) is 0. The molecule has 0 spiro atoms. The SMILES string of the molecule is Cc1ccc(Nc2ccc3nc4ccccc4c(CNCCNC(=O)OC(C)(C)C)c3c2)cc1C. The molecule has 4 rings (SSSR count). The van der Waals surface area contributed by atoms with Gasteiger partial charge in [-0.15, -0.1) is 0 Å². The van der Waals surface area contributed by atoms with Crippen LogP contribution in [0.1, 0.15) is 37.5 Å². The van der Waals surface area contributed by atoms with Crippen molar-refractivity contribution in [2.45, 2.75) is 46.8 Å². The number of aryl methyl sites for hydroxylation is 2. The fourth-order valence-electron chi connectivity index (χ4n) is 4.01. The third-order valence-electron chi connectivity index (χ3n) is 5.86. The van der Waals surface area contributed by atoms with Gasteiger partial charge in [0.25, 0.3) is 0 Å². The van der Waals surface area contributed by atoms with Crippen LogP contribution in [-0.4, -0.2) is 29.8 Å². The summed E-state index contributed by atoms with van der Waals surface area (Å²) >= 11 is 0. The van der Waals surface area contributed by atoms with E-state index in [0.29, 0.717) is 19.6 Å². The summed E-state index contributed by atoms with van der Waals surface area (Å²) in [6.07, 6.45) is -0.402. The van der Waals surface area contributed by atoms with Crippen molar-refractivity contribution in [1.82, 2.24) is 15.6 Å². The van der Waals surface area contributed by atoms with Crippen LogP contribution < -0.4 is 16.0 Å². The Hall–Kier alpha value is -3.64. The number of rotatable bonds is 7. The van der Waals surface area contributed by atoms with Gasteiger partial charge >= 0.3 is 6.09 Å². The number of nitrogens with zero attached hydrogens (tertiary/aromatic N) is 1. The molecule has 0 saturated carbocycles. The van der Waals surface area contributed by atoms with Crippen LogP contribution in [0, 0.1) is 13.8 Å². The zero-order chi connectivity index (χ0) is 25.0. The standard InChI is InChI=1S/C29H34N4O2/c1-19-10-11-21(16-20(19)2)32-22-12-13-27-24(17-22)25(23-8-6-7-9-26(23)33-27)18-30-14-15-31-28(34)35-29(3,4)5/h6-13,16-17,30,32H,14-15,18H2,1-5H3,(H,31,34). The maximum absolute atomic E-state index is 11.9. The predicted molar refractivity (Wildman–Crippen MR) is 144 cm³/mol. The largest absolute Gasteiger partial charge is 0.444 e. The molecule has 35 heavy (non-hydrogen) atoms. The maximum Gasteiger partial charge on any atom is 0.407 e. The van der Waals surface area contributed by atoms with Crippen molar-refractivity contribution in [1.29, 1.82) is 0 Å². The molecule has 0 unspecified atom stereocenters. The van der Waals surface area contributed by atoms with E-state index < -0.39 is 11.7 Å². The van der Waals surface area contributed by atoms with Gasteiger partial charge in [-0.3, -0.25) is 0 Å². The fourth-order valence-corrected chi connectivity index (χ4v) is 4.01. The lowest BCUT2D eigenvalue weighted by Gasteiger charge is -2.19. The number of benzene rings is 3. The Bertz CT molecular complexity index is 1360. The van der Waals surface area contributed by atoms with E-state index in [-0.39, 0.29) is 0 Å². The quantitative estimate of drug-likeness (QED) is 0.216. The summed E-state index contributed by atoms with van der Waals surface area (Å²) in [7, 11) is 0. The lowest BCUT2D eigenvalue weighted by Crippen LogP contribution is -2.36. The molecule has 3 N–H and O–H groups in total. The van der Waals surface area contributed by atoms with Gasteiger partial charge in [0, 0.05) is 41.8 Å². The Morgan fingerprint density at radius 3 is 2.34 bits per heavy atom. The zero-order valence-electron chi connectivity index (χ0n) is 21.2. The van der Waals surface area contributed by atoms with Gasteiger partial charge in [-0.25, -0.2) is 9.78 Å². The van der Waals surface area contributed by atoms with Gasteiger partial charge in [-0.2, -0.15) is 0 Å². The summed E-state index contributed by atoms with van der Waals surface area (Å²) in [4.78, 5) is 16.8. The van der Waals surface area contributed by atoms with E-state index in [4.69, 9.17) is 9.72 Å². The van der Waals surface area contributed by atoms with Gasteiger partial charge in [0.2, 0.25) is 0 Å². The molecule has 182 valence electrons. The van der Waals surface area contributed by atoms with Crippen LogP contribution >= 0.6 is 0 Å². The number of amides is 1. The molecule has 0 radical (unpaired) electrons. The Morgan fingerprint density at radius 2 is 1.57 bits per heavy atom. The number of anilines is 2. The molecular weight excluding hydrogens is 436 g/mol. The lowest BCUT2D eigenvalue weighted by molar-refractivity contribution is 0.0528. The third-order valence-corrected chi connectivity index (χ3v) is 5.86. The molecule has 0 aliphatic heterocycles. The number of hydrogen-bond acceptors (Lipinski definition) is 5. The molecule has 4 aromatic rings. The maximum atomic E-state index is 11.9. The lowest BCUT2D eigenvalue weighted by atomic mass is 10.0. The van der Waals surface area contributed by atoms with Crippen LogP contribution in [0.4, 0.5) is 16.2 Å². The minimum absolute atomic E-state index is 0.402. The second kappa shape index (κ2) is 10.3. The monoisotopic (exact) mass is 470 g/mol. The van der Waals surface area contributed by atoms with E-state index in [0.717, 1.165) is 33.2 Å². The number of nitrogens with one attached hydrogen (secondary N) is 3. The van der Waals surface area contributed by atoms with Gasteiger partial charge in [0.05, 0.1) is 11.0 Å². The number of aromatic nitrogens is 1. The highest BCUT2D eigenvalue weighted by atomic mass is 16.6. The summed E-state index contributed by atoms with van der Waals surface area (Å²) < 4.78 is 5.30. The molecule has 1 heterocycles. The Labute approximate surface area is 207 Å². The predicted octanol–water partition coefficient (Wildman–Crippen LogP) is 6.36. The summed E-state index contributed by atoms with van der Waals surface area (Å²) in [6.45, 7) is 11.6. The molecule has 0 aliphatic rings. The van der Waals surface area contributed by atoms with Crippen LogP contribution in [0.5, 0.6) is 0 Å². The van der Waals surface area contributed by atoms with Crippen molar-refractivity contribution in [3.05, 3.63) is 77.4 Å². The van der Waals surface area contributed by atoms with E-state index in [1.807, 2.05) is 39.0 Å². The average molecular weight is 471 g/mol. The van der Waals surface area contributed by atoms with Gasteiger partial charge in [-0.1, -0.05) is 24.3 Å². The molecule has 0 aliphatic carbocycles. The molecule has 3 aromatic carbocycles.